The van der Waals surface area contributed by atoms with Crippen molar-refractivity contribution in [3.8, 4) is 0 Å². The third-order valence-corrected chi connectivity index (χ3v) is 2.82. The molecular weight excluding hydrogens is 136 g/mol. The third-order valence-electron chi connectivity index (χ3n) is 2.82. The van der Waals surface area contributed by atoms with Gasteiger partial charge in [0.15, 0.2) is 0 Å². The monoisotopic (exact) mass is 156 g/mol. The van der Waals surface area contributed by atoms with Gasteiger partial charge in [0.1, 0.15) is 0 Å². The first-order chi connectivity index (χ1) is 5.15. The van der Waals surface area contributed by atoms with Crippen LogP contribution in [0.2, 0.25) is 0 Å². The predicted octanol–water partition coefficient (Wildman–Crippen LogP) is 0.888. The van der Waals surface area contributed by atoms with Gasteiger partial charge in [-0.2, -0.15) is 0 Å². The van der Waals surface area contributed by atoms with Gasteiger partial charge in [-0.1, -0.05) is 13.8 Å². The summed E-state index contributed by atoms with van der Waals surface area (Å²) >= 11 is 0. The quantitative estimate of drug-likeness (QED) is 0.586. The second kappa shape index (κ2) is 3.55. The Balaban J connectivity index is 2.45. The average molecular weight is 156 g/mol. The lowest BCUT2D eigenvalue weighted by atomic mass is 10.1. The van der Waals surface area contributed by atoms with Crippen LogP contribution in [0.25, 0.3) is 0 Å². The van der Waals surface area contributed by atoms with Crippen molar-refractivity contribution < 1.29 is 0 Å². The van der Waals surface area contributed by atoms with Crippen LogP contribution in [0.4, 0.5) is 0 Å². The van der Waals surface area contributed by atoms with Gasteiger partial charge in [0.05, 0.1) is 0 Å². The molecule has 0 spiro atoms. The zero-order valence-electron chi connectivity index (χ0n) is 8.17. The van der Waals surface area contributed by atoms with Gasteiger partial charge < -0.3 is 9.80 Å². The van der Waals surface area contributed by atoms with Gasteiger partial charge >= 0.3 is 0 Å². The van der Waals surface area contributed by atoms with Crippen LogP contribution >= 0.6 is 0 Å². The zero-order valence-corrected chi connectivity index (χ0v) is 8.17. The van der Waals surface area contributed by atoms with Gasteiger partial charge in [0.2, 0.25) is 0 Å². The van der Waals surface area contributed by atoms with Crippen LogP contribution in [0, 0.1) is 5.92 Å². The van der Waals surface area contributed by atoms with Crippen LogP contribution in [0.3, 0.4) is 0 Å². The van der Waals surface area contributed by atoms with Gasteiger partial charge in [-0.15, -0.1) is 0 Å². The maximum Gasteiger partial charge on any atom is 0.0257 e. The molecule has 2 unspecified atom stereocenters. The molecule has 1 aliphatic heterocycles. The lowest BCUT2D eigenvalue weighted by Gasteiger charge is -2.25. The van der Waals surface area contributed by atoms with E-state index < -0.39 is 0 Å². The number of hydrogen-bond acceptors (Lipinski definition) is 2. The van der Waals surface area contributed by atoms with Crippen molar-refractivity contribution in [1.29, 1.82) is 0 Å². The first-order valence-corrected chi connectivity index (χ1v) is 4.54. The molecular formula is C9H20N2. The van der Waals surface area contributed by atoms with Gasteiger partial charge in [0, 0.05) is 19.1 Å². The molecule has 0 bridgehead atoms. The number of nitrogens with zero attached hydrogens (tertiary/aromatic N) is 2. The summed E-state index contributed by atoms with van der Waals surface area (Å²) < 4.78 is 0. The molecule has 0 aromatic heterocycles. The van der Waals surface area contributed by atoms with E-state index in [1.165, 1.54) is 19.6 Å². The smallest absolute Gasteiger partial charge is 0.0257 e. The Morgan fingerprint density at radius 1 is 1.45 bits per heavy atom. The molecule has 1 rings (SSSR count). The number of likely N-dealkylation sites (tertiary alicyclic amines) is 1. The second-order valence-electron chi connectivity index (χ2n) is 3.84. The Kier molecular flexibility index (Phi) is 2.90. The fraction of sp³-hybridized carbons (Fsp3) is 1.00. The molecule has 0 aliphatic carbocycles. The second-order valence-corrected chi connectivity index (χ2v) is 3.84. The molecule has 2 heteroatoms. The van der Waals surface area contributed by atoms with Crippen LogP contribution in [0.15, 0.2) is 0 Å². The van der Waals surface area contributed by atoms with Gasteiger partial charge in [-0.05, 0) is 26.6 Å². The molecule has 2 nitrogen and oxygen atoms in total. The highest BCUT2D eigenvalue weighted by atomic mass is 15.2. The van der Waals surface area contributed by atoms with Crippen LogP contribution in [-0.2, 0) is 0 Å². The molecule has 2 atom stereocenters. The zero-order chi connectivity index (χ0) is 8.43. The van der Waals surface area contributed by atoms with Crippen molar-refractivity contribution >= 4 is 0 Å². The fourth-order valence-electron chi connectivity index (χ4n) is 2.00. The van der Waals surface area contributed by atoms with Crippen LogP contribution in [-0.4, -0.2) is 49.6 Å². The highest BCUT2D eigenvalue weighted by Gasteiger charge is 2.29. The van der Waals surface area contributed by atoms with Gasteiger partial charge in [0.25, 0.3) is 0 Å². The summed E-state index contributed by atoms with van der Waals surface area (Å²) in [7, 11) is 4.43. The first kappa shape index (κ1) is 9.01. The van der Waals surface area contributed by atoms with Crippen molar-refractivity contribution in [3.63, 3.8) is 0 Å². The minimum absolute atomic E-state index is 0.782. The number of hydrogen-bond donors (Lipinski definition) is 0. The Morgan fingerprint density at radius 3 is 2.45 bits per heavy atom. The van der Waals surface area contributed by atoms with Crippen molar-refractivity contribution in [2.24, 2.45) is 5.92 Å². The molecule has 0 aromatic carbocycles. The fourth-order valence-corrected chi connectivity index (χ4v) is 2.00. The summed E-state index contributed by atoms with van der Waals surface area (Å²) in [5.41, 5.74) is 0. The average Bonchev–Trinajstić information content (AvgIpc) is 2.28. The number of likely N-dealkylation sites (N-methyl/N-ethyl adjacent to an activating group) is 2. The molecule has 1 heterocycles. The Hall–Kier alpha value is -0.0800. The molecule has 66 valence electrons. The molecule has 1 fully saturated rings. The standard InChI is InChI=1S/C9H20N2/c1-5-11(4)9-7-10(3)6-8(9)2/h8-9H,5-7H2,1-4H3. The lowest BCUT2D eigenvalue weighted by Crippen LogP contribution is -2.36. The van der Waals surface area contributed by atoms with Crippen molar-refractivity contribution in [2.45, 2.75) is 19.9 Å². The van der Waals surface area contributed by atoms with Gasteiger partial charge in [-0.3, -0.25) is 0 Å². The topological polar surface area (TPSA) is 6.48 Å². The van der Waals surface area contributed by atoms with E-state index in [0.717, 1.165) is 12.0 Å². The lowest BCUT2D eigenvalue weighted by molar-refractivity contribution is 0.225. The van der Waals surface area contributed by atoms with E-state index in [1.807, 2.05) is 0 Å². The molecule has 11 heavy (non-hydrogen) atoms. The van der Waals surface area contributed by atoms with Crippen LogP contribution in [0.1, 0.15) is 13.8 Å². The largest absolute Gasteiger partial charge is 0.304 e. The summed E-state index contributed by atoms with van der Waals surface area (Å²) in [6.07, 6.45) is 0. The molecule has 0 amide bonds. The molecule has 1 saturated heterocycles. The highest BCUT2D eigenvalue weighted by Crippen LogP contribution is 2.18. The van der Waals surface area contributed by atoms with Gasteiger partial charge in [-0.25, -0.2) is 0 Å². The molecule has 0 N–H and O–H groups in total. The normalized spacial score (nSPS) is 33.5. The Morgan fingerprint density at radius 2 is 2.09 bits per heavy atom. The highest BCUT2D eigenvalue weighted by molar-refractivity contribution is 4.85. The molecule has 0 saturated carbocycles. The summed E-state index contributed by atoms with van der Waals surface area (Å²) in [6.45, 7) is 8.24. The molecule has 0 aromatic rings. The Bertz CT molecular complexity index is 121. The van der Waals surface area contributed by atoms with Crippen molar-refractivity contribution in [3.05, 3.63) is 0 Å². The van der Waals surface area contributed by atoms with Crippen molar-refractivity contribution in [1.82, 2.24) is 9.80 Å². The molecule has 0 radical (unpaired) electrons. The summed E-state index contributed by atoms with van der Waals surface area (Å²) in [6, 6.07) is 0.782. The SMILES string of the molecule is CCN(C)C1CN(C)CC1C. The van der Waals surface area contributed by atoms with E-state index in [9.17, 15) is 0 Å². The maximum atomic E-state index is 2.45. The summed E-state index contributed by atoms with van der Waals surface area (Å²) in [4.78, 5) is 4.87. The van der Waals surface area contributed by atoms with E-state index in [4.69, 9.17) is 0 Å². The predicted molar refractivity (Wildman–Crippen MR) is 48.8 cm³/mol. The van der Waals surface area contributed by atoms with E-state index in [1.54, 1.807) is 0 Å². The van der Waals surface area contributed by atoms with E-state index in [2.05, 4.69) is 37.7 Å². The third kappa shape index (κ3) is 1.94. The van der Waals surface area contributed by atoms with Crippen molar-refractivity contribution in [2.75, 3.05) is 33.7 Å². The minimum atomic E-state index is 0.782. The summed E-state index contributed by atoms with van der Waals surface area (Å²) in [5.74, 6) is 0.838. The summed E-state index contributed by atoms with van der Waals surface area (Å²) in [5, 5.41) is 0. The first-order valence-electron chi connectivity index (χ1n) is 4.54. The minimum Gasteiger partial charge on any atom is -0.304 e. The number of rotatable bonds is 2. The van der Waals surface area contributed by atoms with Crippen LogP contribution in [0.5, 0.6) is 0 Å². The van der Waals surface area contributed by atoms with E-state index >= 15 is 0 Å². The molecule has 1 aliphatic rings. The maximum absolute atomic E-state index is 2.45. The Labute approximate surface area is 70.2 Å². The van der Waals surface area contributed by atoms with Crippen LogP contribution < -0.4 is 0 Å². The van der Waals surface area contributed by atoms with E-state index in [0.29, 0.717) is 0 Å². The van der Waals surface area contributed by atoms with E-state index in [-0.39, 0.29) is 0 Å².